The quantitative estimate of drug-likeness (QED) is 0.670. The molecule has 0 bridgehead atoms. The molecule has 1 unspecified atom stereocenters. The highest BCUT2D eigenvalue weighted by Crippen LogP contribution is 2.29. The van der Waals surface area contributed by atoms with E-state index in [2.05, 4.69) is 72.4 Å². The number of aromatic nitrogens is 1. The van der Waals surface area contributed by atoms with Gasteiger partial charge < -0.3 is 0 Å². The molecule has 0 saturated heterocycles. The Morgan fingerprint density at radius 3 is 2.47 bits per heavy atom. The van der Waals surface area contributed by atoms with Crippen LogP contribution in [0.1, 0.15) is 48.3 Å². The molecule has 2 rings (SSSR count). The average molecular weight is 338 g/mol. The highest BCUT2D eigenvalue weighted by molar-refractivity contribution is 9.09. The van der Waals surface area contributed by atoms with Gasteiger partial charge in [-0.05, 0) is 12.0 Å². The van der Waals surface area contributed by atoms with Crippen molar-refractivity contribution >= 4 is 27.3 Å². The number of rotatable bonds is 4. The second-order valence-electron chi connectivity index (χ2n) is 5.79. The lowest BCUT2D eigenvalue weighted by Gasteiger charge is -2.14. The number of benzene rings is 1. The lowest BCUT2D eigenvalue weighted by Crippen LogP contribution is -2.11. The molecule has 0 spiro atoms. The van der Waals surface area contributed by atoms with Crippen LogP contribution in [0.4, 0.5) is 0 Å². The van der Waals surface area contributed by atoms with Crippen LogP contribution < -0.4 is 0 Å². The van der Waals surface area contributed by atoms with Gasteiger partial charge in [-0.25, -0.2) is 4.98 Å². The van der Waals surface area contributed by atoms with E-state index < -0.39 is 0 Å². The maximum absolute atomic E-state index is 4.74. The van der Waals surface area contributed by atoms with Gasteiger partial charge in [0.15, 0.2) is 0 Å². The van der Waals surface area contributed by atoms with E-state index >= 15 is 0 Å². The summed E-state index contributed by atoms with van der Waals surface area (Å²) in [6.45, 7) is 6.63. The first-order valence-corrected chi connectivity index (χ1v) is 8.40. The van der Waals surface area contributed by atoms with E-state index in [-0.39, 0.29) is 5.41 Å². The summed E-state index contributed by atoms with van der Waals surface area (Å²) in [5, 5.41) is 3.44. The minimum absolute atomic E-state index is 0.155. The van der Waals surface area contributed by atoms with Crippen molar-refractivity contribution in [2.24, 2.45) is 0 Å². The van der Waals surface area contributed by atoms with Crippen molar-refractivity contribution in [1.29, 1.82) is 0 Å². The van der Waals surface area contributed by atoms with Crippen LogP contribution in [0.15, 0.2) is 35.7 Å². The summed E-state index contributed by atoms with van der Waals surface area (Å²) in [4.78, 5) is 5.16. The van der Waals surface area contributed by atoms with Crippen LogP contribution in [0.2, 0.25) is 0 Å². The first-order valence-electron chi connectivity index (χ1n) is 6.61. The fraction of sp³-hybridized carbons (Fsp3) is 0.438. The Hall–Kier alpha value is -0.670. The predicted molar refractivity (Wildman–Crippen MR) is 87.2 cm³/mol. The first kappa shape index (κ1) is 14.7. The maximum Gasteiger partial charge on any atom is 0.0929 e. The van der Waals surface area contributed by atoms with Crippen LogP contribution in [-0.2, 0) is 11.8 Å². The van der Waals surface area contributed by atoms with Gasteiger partial charge in [0.2, 0.25) is 0 Å². The Labute approximate surface area is 128 Å². The van der Waals surface area contributed by atoms with E-state index in [0.717, 1.165) is 12.8 Å². The number of alkyl halides is 1. The summed E-state index contributed by atoms with van der Waals surface area (Å²) in [5.41, 5.74) is 2.70. The topological polar surface area (TPSA) is 12.9 Å². The van der Waals surface area contributed by atoms with Gasteiger partial charge in [-0.15, -0.1) is 11.3 Å². The zero-order valence-electron chi connectivity index (χ0n) is 11.7. The van der Waals surface area contributed by atoms with E-state index in [4.69, 9.17) is 4.98 Å². The average Bonchev–Trinajstić information content (AvgIpc) is 2.86. The van der Waals surface area contributed by atoms with Gasteiger partial charge in [0.25, 0.3) is 0 Å². The third-order valence-corrected chi connectivity index (χ3v) is 4.99. The van der Waals surface area contributed by atoms with E-state index in [1.807, 2.05) is 0 Å². The number of hydrogen-bond acceptors (Lipinski definition) is 2. The first-order chi connectivity index (χ1) is 8.97. The Bertz CT molecular complexity index is 513. The van der Waals surface area contributed by atoms with Gasteiger partial charge in [-0.1, -0.05) is 67.0 Å². The minimum Gasteiger partial charge on any atom is -0.246 e. The fourth-order valence-electron chi connectivity index (χ4n) is 1.85. The van der Waals surface area contributed by atoms with Gasteiger partial charge in [0, 0.05) is 22.0 Å². The summed E-state index contributed by atoms with van der Waals surface area (Å²) in [6, 6.07) is 10.6. The fourth-order valence-corrected chi connectivity index (χ4v) is 3.42. The van der Waals surface area contributed by atoms with Gasteiger partial charge in [0.1, 0.15) is 0 Å². The van der Waals surface area contributed by atoms with Crippen LogP contribution in [0.25, 0.3) is 0 Å². The predicted octanol–water partition coefficient (Wildman–Crippen LogP) is 5.51. The molecule has 0 amide bonds. The molecular weight excluding hydrogens is 318 g/mol. The van der Waals surface area contributed by atoms with Crippen LogP contribution in [-0.4, -0.2) is 4.98 Å². The number of nitrogens with zero attached hydrogens (tertiary/aromatic N) is 1. The molecular formula is C16H20BrNS. The molecule has 0 aliphatic rings. The van der Waals surface area contributed by atoms with E-state index in [1.165, 1.54) is 16.3 Å². The molecule has 1 atom stereocenters. The second kappa shape index (κ2) is 6.19. The molecule has 1 aromatic heterocycles. The normalized spacial score (nSPS) is 13.5. The van der Waals surface area contributed by atoms with Gasteiger partial charge in [0.05, 0.1) is 10.7 Å². The molecule has 0 fully saturated rings. The van der Waals surface area contributed by atoms with Crippen LogP contribution >= 0.6 is 27.3 Å². The smallest absolute Gasteiger partial charge is 0.0929 e. The summed E-state index contributed by atoms with van der Waals surface area (Å²) in [5.74, 6) is 0. The lowest BCUT2D eigenvalue weighted by atomic mass is 9.93. The number of aryl methyl sites for hydroxylation is 1. The second-order valence-corrected chi connectivity index (χ2v) is 7.84. The van der Waals surface area contributed by atoms with Gasteiger partial charge >= 0.3 is 0 Å². The summed E-state index contributed by atoms with van der Waals surface area (Å²) < 4.78 is 0. The third kappa shape index (κ3) is 4.15. The number of halogens is 1. The summed E-state index contributed by atoms with van der Waals surface area (Å²) in [6.07, 6.45) is 2.12. The van der Waals surface area contributed by atoms with Crippen molar-refractivity contribution in [3.8, 4) is 0 Å². The Morgan fingerprint density at radius 1 is 1.21 bits per heavy atom. The molecule has 1 heterocycles. The van der Waals surface area contributed by atoms with Crippen LogP contribution in [0.3, 0.4) is 0 Å². The van der Waals surface area contributed by atoms with Crippen molar-refractivity contribution < 1.29 is 0 Å². The molecule has 3 heteroatoms. The molecule has 1 aromatic carbocycles. The third-order valence-electron chi connectivity index (χ3n) is 3.09. The van der Waals surface area contributed by atoms with E-state index in [0.29, 0.717) is 4.83 Å². The Kier molecular flexibility index (Phi) is 4.80. The molecule has 102 valence electrons. The zero-order valence-corrected chi connectivity index (χ0v) is 14.1. The van der Waals surface area contributed by atoms with Crippen molar-refractivity contribution in [1.82, 2.24) is 4.98 Å². The molecule has 0 saturated carbocycles. The SMILES string of the molecule is CC(C)(C)c1csc(CCC(Br)c2ccccc2)n1. The van der Waals surface area contributed by atoms with Crippen LogP contribution in [0, 0.1) is 0 Å². The highest BCUT2D eigenvalue weighted by Gasteiger charge is 2.17. The molecule has 1 nitrogen and oxygen atoms in total. The molecule has 0 radical (unpaired) electrons. The molecule has 0 aliphatic carbocycles. The molecule has 2 aromatic rings. The van der Waals surface area contributed by atoms with E-state index in [1.54, 1.807) is 11.3 Å². The van der Waals surface area contributed by atoms with Gasteiger partial charge in [-0.2, -0.15) is 0 Å². The molecule has 19 heavy (non-hydrogen) atoms. The Balaban J connectivity index is 1.94. The van der Waals surface area contributed by atoms with Gasteiger partial charge in [-0.3, -0.25) is 0 Å². The molecule has 0 N–H and O–H groups in total. The lowest BCUT2D eigenvalue weighted by molar-refractivity contribution is 0.570. The highest BCUT2D eigenvalue weighted by atomic mass is 79.9. The summed E-state index contributed by atoms with van der Waals surface area (Å²) >= 11 is 5.55. The largest absolute Gasteiger partial charge is 0.246 e. The number of hydrogen-bond donors (Lipinski definition) is 0. The monoisotopic (exact) mass is 337 g/mol. The summed E-state index contributed by atoms with van der Waals surface area (Å²) in [7, 11) is 0. The van der Waals surface area contributed by atoms with E-state index in [9.17, 15) is 0 Å². The van der Waals surface area contributed by atoms with Crippen molar-refractivity contribution in [2.75, 3.05) is 0 Å². The molecule has 0 aliphatic heterocycles. The standard InChI is InChI=1S/C16H20BrNS/c1-16(2,3)14-11-19-15(18-14)10-9-13(17)12-7-5-4-6-8-12/h4-8,11,13H,9-10H2,1-3H3. The van der Waals surface area contributed by atoms with Crippen molar-refractivity contribution in [2.45, 2.75) is 43.9 Å². The zero-order chi connectivity index (χ0) is 13.9. The minimum atomic E-state index is 0.155. The Morgan fingerprint density at radius 2 is 1.89 bits per heavy atom. The van der Waals surface area contributed by atoms with Crippen molar-refractivity contribution in [3.63, 3.8) is 0 Å². The number of thiazole rings is 1. The maximum atomic E-state index is 4.74. The van der Waals surface area contributed by atoms with Crippen LogP contribution in [0.5, 0.6) is 0 Å². The van der Waals surface area contributed by atoms with Crippen molar-refractivity contribution in [3.05, 3.63) is 52.0 Å².